The van der Waals surface area contributed by atoms with Crippen molar-refractivity contribution in [2.45, 2.75) is 13.0 Å². The molecule has 0 saturated heterocycles. The summed E-state index contributed by atoms with van der Waals surface area (Å²) in [6.45, 7) is 1.76. The van der Waals surface area contributed by atoms with Crippen LogP contribution >= 0.6 is 0 Å². The van der Waals surface area contributed by atoms with Crippen LogP contribution in [0.4, 0.5) is 4.39 Å². The maximum absolute atomic E-state index is 12.9. The summed E-state index contributed by atoms with van der Waals surface area (Å²) in [5.74, 6) is -0.507. The topological polar surface area (TPSA) is 49.8 Å². The minimum Gasteiger partial charge on any atom is -0.324 e. The van der Waals surface area contributed by atoms with Crippen LogP contribution in [0.1, 0.15) is 24.1 Å². The SMILES string of the molecule is CC(N)c1ccc(C#N)c(F)c1. The molecule has 0 aliphatic heterocycles. The fourth-order valence-corrected chi connectivity index (χ4v) is 0.905. The van der Waals surface area contributed by atoms with Crippen molar-refractivity contribution in [3.8, 4) is 6.07 Å². The average Bonchev–Trinajstić information content (AvgIpc) is 2.04. The van der Waals surface area contributed by atoms with Crippen molar-refractivity contribution in [1.82, 2.24) is 0 Å². The van der Waals surface area contributed by atoms with Gasteiger partial charge in [-0.2, -0.15) is 5.26 Å². The van der Waals surface area contributed by atoms with Gasteiger partial charge in [0, 0.05) is 6.04 Å². The highest BCUT2D eigenvalue weighted by molar-refractivity contribution is 5.34. The first kappa shape index (κ1) is 8.69. The van der Waals surface area contributed by atoms with Crippen LogP contribution in [-0.2, 0) is 0 Å². The predicted molar refractivity (Wildman–Crippen MR) is 43.7 cm³/mol. The number of halogens is 1. The molecule has 0 aromatic heterocycles. The van der Waals surface area contributed by atoms with Crippen LogP contribution in [0, 0.1) is 17.1 Å². The molecule has 12 heavy (non-hydrogen) atoms. The van der Waals surface area contributed by atoms with Crippen LogP contribution in [-0.4, -0.2) is 0 Å². The lowest BCUT2D eigenvalue weighted by Gasteiger charge is -2.04. The smallest absolute Gasteiger partial charge is 0.141 e. The minimum atomic E-state index is -0.507. The number of hydrogen-bond donors (Lipinski definition) is 1. The summed E-state index contributed by atoms with van der Waals surface area (Å²) in [5.41, 5.74) is 6.28. The van der Waals surface area contributed by atoms with E-state index in [0.717, 1.165) is 0 Å². The van der Waals surface area contributed by atoms with Gasteiger partial charge in [0.1, 0.15) is 11.9 Å². The number of hydrogen-bond acceptors (Lipinski definition) is 2. The van der Waals surface area contributed by atoms with Gasteiger partial charge in [0.05, 0.1) is 5.56 Å². The number of nitrogens with two attached hydrogens (primary N) is 1. The van der Waals surface area contributed by atoms with Gasteiger partial charge in [-0.15, -0.1) is 0 Å². The van der Waals surface area contributed by atoms with Crippen LogP contribution in [0.25, 0.3) is 0 Å². The normalized spacial score (nSPS) is 12.2. The van der Waals surface area contributed by atoms with Crippen molar-refractivity contribution >= 4 is 0 Å². The summed E-state index contributed by atoms with van der Waals surface area (Å²) in [6.07, 6.45) is 0. The van der Waals surface area contributed by atoms with Gasteiger partial charge in [0.25, 0.3) is 0 Å². The van der Waals surface area contributed by atoms with E-state index in [1.165, 1.54) is 12.1 Å². The second-order valence-electron chi connectivity index (χ2n) is 2.64. The number of rotatable bonds is 1. The molecule has 0 heterocycles. The second kappa shape index (κ2) is 3.33. The Morgan fingerprint density at radius 1 is 1.58 bits per heavy atom. The van der Waals surface area contributed by atoms with Crippen LogP contribution in [0.2, 0.25) is 0 Å². The fourth-order valence-electron chi connectivity index (χ4n) is 0.905. The molecule has 1 aromatic rings. The first-order valence-corrected chi connectivity index (χ1v) is 3.60. The lowest BCUT2D eigenvalue weighted by atomic mass is 10.1. The van der Waals surface area contributed by atoms with Gasteiger partial charge in [0.2, 0.25) is 0 Å². The van der Waals surface area contributed by atoms with Crippen molar-refractivity contribution in [3.05, 3.63) is 35.1 Å². The molecule has 2 N–H and O–H groups in total. The van der Waals surface area contributed by atoms with Gasteiger partial charge in [-0.05, 0) is 24.6 Å². The first-order valence-electron chi connectivity index (χ1n) is 3.60. The molecule has 0 aliphatic rings. The standard InChI is InChI=1S/C9H9FN2/c1-6(12)7-2-3-8(5-11)9(10)4-7/h2-4,6H,12H2,1H3. The molecule has 1 unspecified atom stereocenters. The van der Waals surface area contributed by atoms with Gasteiger partial charge in [-0.25, -0.2) is 4.39 Å². The summed E-state index contributed by atoms with van der Waals surface area (Å²) >= 11 is 0. The molecular weight excluding hydrogens is 155 g/mol. The molecule has 62 valence electrons. The zero-order valence-electron chi connectivity index (χ0n) is 6.71. The van der Waals surface area contributed by atoms with Crippen LogP contribution in [0.5, 0.6) is 0 Å². The lowest BCUT2D eigenvalue weighted by Crippen LogP contribution is -2.05. The Kier molecular flexibility index (Phi) is 2.41. The number of benzene rings is 1. The highest BCUT2D eigenvalue weighted by Crippen LogP contribution is 2.13. The summed E-state index contributed by atoms with van der Waals surface area (Å²) in [4.78, 5) is 0. The Bertz CT molecular complexity index is 326. The van der Waals surface area contributed by atoms with Gasteiger partial charge < -0.3 is 5.73 Å². The van der Waals surface area contributed by atoms with Crippen molar-refractivity contribution in [3.63, 3.8) is 0 Å². The van der Waals surface area contributed by atoms with Crippen molar-refractivity contribution < 1.29 is 4.39 Å². The average molecular weight is 164 g/mol. The summed E-state index contributed by atoms with van der Waals surface area (Å²) < 4.78 is 12.9. The van der Waals surface area contributed by atoms with Gasteiger partial charge in [-0.3, -0.25) is 0 Å². The zero-order valence-corrected chi connectivity index (χ0v) is 6.71. The van der Waals surface area contributed by atoms with Crippen molar-refractivity contribution in [2.24, 2.45) is 5.73 Å². The molecule has 0 aliphatic carbocycles. The molecule has 2 nitrogen and oxygen atoms in total. The van der Waals surface area contributed by atoms with E-state index >= 15 is 0 Å². The highest BCUT2D eigenvalue weighted by atomic mass is 19.1. The molecule has 0 amide bonds. The molecule has 3 heteroatoms. The largest absolute Gasteiger partial charge is 0.324 e. The first-order chi connectivity index (χ1) is 5.65. The maximum atomic E-state index is 12.9. The quantitative estimate of drug-likeness (QED) is 0.687. The van der Waals surface area contributed by atoms with E-state index in [2.05, 4.69) is 0 Å². The lowest BCUT2D eigenvalue weighted by molar-refractivity contribution is 0.618. The van der Waals surface area contributed by atoms with E-state index in [1.807, 2.05) is 0 Å². The molecule has 1 atom stereocenters. The Morgan fingerprint density at radius 2 is 2.25 bits per heavy atom. The Hall–Kier alpha value is -1.40. The van der Waals surface area contributed by atoms with Crippen molar-refractivity contribution in [1.29, 1.82) is 5.26 Å². The van der Waals surface area contributed by atoms with E-state index in [4.69, 9.17) is 11.0 Å². The summed E-state index contributed by atoms with van der Waals surface area (Å²) in [6, 6.07) is 5.94. The van der Waals surface area contributed by atoms with Crippen LogP contribution in [0.3, 0.4) is 0 Å². The molecular formula is C9H9FN2. The van der Waals surface area contributed by atoms with Gasteiger partial charge in [-0.1, -0.05) is 6.07 Å². The maximum Gasteiger partial charge on any atom is 0.141 e. The van der Waals surface area contributed by atoms with E-state index in [-0.39, 0.29) is 11.6 Å². The molecule has 0 spiro atoms. The van der Waals surface area contributed by atoms with Crippen LogP contribution < -0.4 is 5.73 Å². The fraction of sp³-hybridized carbons (Fsp3) is 0.222. The Labute approximate surface area is 70.4 Å². The Balaban J connectivity index is 3.12. The molecule has 0 bridgehead atoms. The molecule has 1 rings (SSSR count). The molecule has 1 aromatic carbocycles. The third-order valence-electron chi connectivity index (χ3n) is 1.64. The monoisotopic (exact) mass is 164 g/mol. The zero-order chi connectivity index (χ0) is 9.14. The van der Waals surface area contributed by atoms with Crippen molar-refractivity contribution in [2.75, 3.05) is 0 Å². The van der Waals surface area contributed by atoms with Gasteiger partial charge >= 0.3 is 0 Å². The van der Waals surface area contributed by atoms with Gasteiger partial charge in [0.15, 0.2) is 0 Å². The van der Waals surface area contributed by atoms with E-state index in [1.54, 1.807) is 19.1 Å². The minimum absolute atomic E-state index is 0.0550. The number of nitrogens with zero attached hydrogens (tertiary/aromatic N) is 1. The third kappa shape index (κ3) is 1.60. The molecule has 0 saturated carbocycles. The Morgan fingerprint density at radius 3 is 2.67 bits per heavy atom. The second-order valence-corrected chi connectivity index (χ2v) is 2.64. The van der Waals surface area contributed by atoms with E-state index in [0.29, 0.717) is 5.56 Å². The molecule has 0 radical (unpaired) electrons. The highest BCUT2D eigenvalue weighted by Gasteiger charge is 2.04. The predicted octanol–water partition coefficient (Wildman–Crippen LogP) is 1.72. The van der Waals surface area contributed by atoms with E-state index < -0.39 is 5.82 Å². The van der Waals surface area contributed by atoms with Crippen LogP contribution in [0.15, 0.2) is 18.2 Å². The summed E-state index contributed by atoms with van der Waals surface area (Å²) in [7, 11) is 0. The third-order valence-corrected chi connectivity index (χ3v) is 1.64. The van der Waals surface area contributed by atoms with E-state index in [9.17, 15) is 4.39 Å². The summed E-state index contributed by atoms with van der Waals surface area (Å²) in [5, 5.41) is 8.43. The number of nitriles is 1. The molecule has 0 fully saturated rings.